The normalized spacial score (nSPS) is 11.8. The molecular weight excluding hydrogens is 174 g/mol. The largest absolute Gasteiger partial charge is 0.402 e. The molecule has 1 rings (SSSR count). The Morgan fingerprint density at radius 2 is 2.21 bits per heavy atom. The maximum absolute atomic E-state index is 5.82. The van der Waals surface area contributed by atoms with Crippen LogP contribution in [0.5, 0.6) is 0 Å². The van der Waals surface area contributed by atoms with E-state index in [0.717, 1.165) is 35.6 Å². The lowest BCUT2D eigenvalue weighted by Crippen LogP contribution is -1.99. The summed E-state index contributed by atoms with van der Waals surface area (Å²) in [7, 11) is 0. The van der Waals surface area contributed by atoms with Crippen LogP contribution in [0.2, 0.25) is 0 Å². The minimum Gasteiger partial charge on any atom is -0.402 e. The van der Waals surface area contributed by atoms with Gasteiger partial charge in [0.1, 0.15) is 0 Å². The molecule has 0 spiro atoms. The van der Waals surface area contributed by atoms with E-state index in [1.165, 1.54) is 0 Å². The molecule has 0 aliphatic rings. The molecular formula is C11H17N3. The van der Waals surface area contributed by atoms with Gasteiger partial charge >= 0.3 is 0 Å². The van der Waals surface area contributed by atoms with Gasteiger partial charge in [0.25, 0.3) is 0 Å². The zero-order chi connectivity index (χ0) is 10.6. The zero-order valence-electron chi connectivity index (χ0n) is 9.04. The summed E-state index contributed by atoms with van der Waals surface area (Å²) in [6.45, 7) is 5.99. The van der Waals surface area contributed by atoms with E-state index in [0.29, 0.717) is 0 Å². The molecule has 0 aliphatic heterocycles. The van der Waals surface area contributed by atoms with E-state index in [2.05, 4.69) is 16.9 Å². The van der Waals surface area contributed by atoms with Gasteiger partial charge in [-0.25, -0.2) is 0 Å². The topological polar surface area (TPSA) is 51.8 Å². The quantitative estimate of drug-likeness (QED) is 0.796. The van der Waals surface area contributed by atoms with Gasteiger partial charge in [-0.15, -0.1) is 0 Å². The minimum absolute atomic E-state index is 0.869. The standard InChI is InChI=1S/C11H17N3/c1-4-5-10(12)6-11-9(3)14-8(2)7-13-11/h6-7H,4-5,12H2,1-3H3/b10-6-. The van der Waals surface area contributed by atoms with Crippen LogP contribution in [0.25, 0.3) is 6.08 Å². The zero-order valence-corrected chi connectivity index (χ0v) is 9.04. The van der Waals surface area contributed by atoms with Gasteiger partial charge in [0.2, 0.25) is 0 Å². The first-order chi connectivity index (χ1) is 6.63. The van der Waals surface area contributed by atoms with Gasteiger partial charge in [-0.1, -0.05) is 13.3 Å². The molecule has 0 unspecified atom stereocenters. The summed E-state index contributed by atoms with van der Waals surface area (Å²) < 4.78 is 0. The van der Waals surface area contributed by atoms with Gasteiger partial charge in [-0.3, -0.25) is 9.97 Å². The summed E-state index contributed by atoms with van der Waals surface area (Å²) in [6.07, 6.45) is 5.64. The Kier molecular flexibility index (Phi) is 3.63. The molecule has 14 heavy (non-hydrogen) atoms. The number of rotatable bonds is 3. The van der Waals surface area contributed by atoms with Crippen LogP contribution in [0.1, 0.15) is 36.8 Å². The van der Waals surface area contributed by atoms with Gasteiger partial charge in [0.15, 0.2) is 0 Å². The molecule has 0 radical (unpaired) electrons. The van der Waals surface area contributed by atoms with Crippen molar-refractivity contribution in [2.24, 2.45) is 5.73 Å². The Morgan fingerprint density at radius 1 is 1.50 bits per heavy atom. The average molecular weight is 191 g/mol. The summed E-state index contributed by atoms with van der Waals surface area (Å²) in [6, 6.07) is 0. The molecule has 0 atom stereocenters. The van der Waals surface area contributed by atoms with Gasteiger partial charge < -0.3 is 5.73 Å². The van der Waals surface area contributed by atoms with Crippen molar-refractivity contribution >= 4 is 6.08 Å². The van der Waals surface area contributed by atoms with Crippen molar-refractivity contribution in [1.29, 1.82) is 0 Å². The lowest BCUT2D eigenvalue weighted by Gasteiger charge is -2.02. The van der Waals surface area contributed by atoms with Gasteiger partial charge in [0.05, 0.1) is 17.1 Å². The van der Waals surface area contributed by atoms with Crippen LogP contribution in [0.4, 0.5) is 0 Å². The Labute approximate surface area is 85.1 Å². The fourth-order valence-electron chi connectivity index (χ4n) is 1.29. The lowest BCUT2D eigenvalue weighted by molar-refractivity contribution is 0.897. The van der Waals surface area contributed by atoms with Crippen LogP contribution in [0.15, 0.2) is 11.9 Å². The summed E-state index contributed by atoms with van der Waals surface area (Å²) in [4.78, 5) is 8.61. The third-order valence-electron chi connectivity index (χ3n) is 1.97. The van der Waals surface area contributed by atoms with E-state index in [-0.39, 0.29) is 0 Å². The number of allylic oxidation sites excluding steroid dienone is 1. The summed E-state index contributed by atoms with van der Waals surface area (Å²) in [5.74, 6) is 0. The van der Waals surface area contributed by atoms with Gasteiger partial charge in [0, 0.05) is 11.9 Å². The van der Waals surface area contributed by atoms with Crippen LogP contribution >= 0.6 is 0 Å². The molecule has 0 saturated carbocycles. The highest BCUT2D eigenvalue weighted by molar-refractivity contribution is 5.49. The Balaban J connectivity index is 2.91. The molecule has 0 aromatic carbocycles. The van der Waals surface area contributed by atoms with Crippen molar-refractivity contribution in [3.05, 3.63) is 29.0 Å². The fourth-order valence-corrected chi connectivity index (χ4v) is 1.29. The summed E-state index contributed by atoms with van der Waals surface area (Å²) >= 11 is 0. The van der Waals surface area contributed by atoms with Crippen molar-refractivity contribution in [1.82, 2.24) is 9.97 Å². The molecule has 1 heterocycles. The Bertz CT molecular complexity index is 342. The molecule has 0 bridgehead atoms. The highest BCUT2D eigenvalue weighted by atomic mass is 14.8. The molecule has 1 aromatic heterocycles. The third kappa shape index (κ3) is 2.83. The second-order valence-electron chi connectivity index (χ2n) is 3.45. The maximum atomic E-state index is 5.82. The number of aromatic nitrogens is 2. The molecule has 0 amide bonds. The summed E-state index contributed by atoms with van der Waals surface area (Å²) in [5, 5.41) is 0. The number of nitrogens with two attached hydrogens (primary N) is 1. The van der Waals surface area contributed by atoms with Crippen molar-refractivity contribution in [2.75, 3.05) is 0 Å². The van der Waals surface area contributed by atoms with Crippen molar-refractivity contribution in [2.45, 2.75) is 33.6 Å². The number of nitrogens with zero attached hydrogens (tertiary/aromatic N) is 2. The van der Waals surface area contributed by atoms with Crippen LogP contribution in [-0.2, 0) is 0 Å². The molecule has 3 heteroatoms. The number of aryl methyl sites for hydroxylation is 2. The van der Waals surface area contributed by atoms with Gasteiger partial charge in [-0.2, -0.15) is 0 Å². The van der Waals surface area contributed by atoms with Crippen LogP contribution in [0, 0.1) is 13.8 Å². The first-order valence-corrected chi connectivity index (χ1v) is 4.89. The van der Waals surface area contributed by atoms with E-state index in [9.17, 15) is 0 Å². The maximum Gasteiger partial charge on any atom is 0.0859 e. The first-order valence-electron chi connectivity index (χ1n) is 4.89. The SMILES string of the molecule is CCC/C(N)=C/c1ncc(C)nc1C. The smallest absolute Gasteiger partial charge is 0.0859 e. The number of hydrogen-bond donors (Lipinski definition) is 1. The minimum atomic E-state index is 0.869. The van der Waals surface area contributed by atoms with E-state index in [4.69, 9.17) is 5.73 Å². The second kappa shape index (κ2) is 4.74. The molecule has 0 saturated heterocycles. The highest BCUT2D eigenvalue weighted by Crippen LogP contribution is 2.08. The molecule has 0 fully saturated rings. The molecule has 0 aliphatic carbocycles. The van der Waals surface area contributed by atoms with Crippen LogP contribution < -0.4 is 5.73 Å². The van der Waals surface area contributed by atoms with Crippen LogP contribution in [0.3, 0.4) is 0 Å². The second-order valence-corrected chi connectivity index (χ2v) is 3.45. The fraction of sp³-hybridized carbons (Fsp3) is 0.455. The summed E-state index contributed by atoms with van der Waals surface area (Å²) in [5.41, 5.74) is 9.44. The van der Waals surface area contributed by atoms with Crippen molar-refractivity contribution in [3.8, 4) is 0 Å². The Hall–Kier alpha value is -1.38. The predicted molar refractivity (Wildman–Crippen MR) is 58.6 cm³/mol. The van der Waals surface area contributed by atoms with Crippen molar-refractivity contribution < 1.29 is 0 Å². The molecule has 76 valence electrons. The van der Waals surface area contributed by atoms with E-state index < -0.39 is 0 Å². The Morgan fingerprint density at radius 3 is 2.79 bits per heavy atom. The number of hydrogen-bond acceptors (Lipinski definition) is 3. The first kappa shape index (κ1) is 10.7. The highest BCUT2D eigenvalue weighted by Gasteiger charge is 1.99. The third-order valence-corrected chi connectivity index (χ3v) is 1.97. The van der Waals surface area contributed by atoms with E-state index >= 15 is 0 Å². The lowest BCUT2D eigenvalue weighted by atomic mass is 10.2. The van der Waals surface area contributed by atoms with Gasteiger partial charge in [-0.05, 0) is 26.3 Å². The monoisotopic (exact) mass is 191 g/mol. The van der Waals surface area contributed by atoms with Crippen molar-refractivity contribution in [3.63, 3.8) is 0 Å². The van der Waals surface area contributed by atoms with E-state index in [1.54, 1.807) is 6.20 Å². The molecule has 1 aromatic rings. The molecule has 3 nitrogen and oxygen atoms in total. The average Bonchev–Trinajstić information content (AvgIpc) is 2.10. The predicted octanol–water partition coefficient (Wildman–Crippen LogP) is 2.19. The molecule has 2 N–H and O–H groups in total. The van der Waals surface area contributed by atoms with E-state index in [1.807, 2.05) is 19.9 Å². The van der Waals surface area contributed by atoms with Crippen LogP contribution in [-0.4, -0.2) is 9.97 Å².